The zero-order valence-corrected chi connectivity index (χ0v) is 11.0. The van der Waals surface area contributed by atoms with Gasteiger partial charge in [-0.1, -0.05) is 6.07 Å². The third-order valence-corrected chi connectivity index (χ3v) is 2.97. The highest BCUT2D eigenvalue weighted by atomic mass is 16.5. The summed E-state index contributed by atoms with van der Waals surface area (Å²) in [6.45, 7) is 4.00. The number of hydrogen-bond acceptors (Lipinski definition) is 3. The molecule has 0 unspecified atom stereocenters. The summed E-state index contributed by atoms with van der Waals surface area (Å²) in [5, 5.41) is 0. The van der Waals surface area contributed by atoms with Crippen LogP contribution in [-0.4, -0.2) is 22.9 Å². The summed E-state index contributed by atoms with van der Waals surface area (Å²) >= 11 is 0. The van der Waals surface area contributed by atoms with Gasteiger partial charge in [0.2, 0.25) is 0 Å². The van der Waals surface area contributed by atoms with Crippen LogP contribution in [0.3, 0.4) is 0 Å². The number of benzene rings is 1. The Hall–Kier alpha value is -2.10. The maximum Gasteiger partial charge on any atom is 0.168 e. The second kappa shape index (κ2) is 4.64. The first-order valence-electron chi connectivity index (χ1n) is 5.70. The predicted molar refractivity (Wildman–Crippen MR) is 70.1 cm³/mol. The SMILES string of the molecule is COc1c(C)cc(C)cc1-c1ncn(C)c1C=O. The fraction of sp³-hybridized carbons (Fsp3) is 0.286. The van der Waals surface area contributed by atoms with Gasteiger partial charge in [-0.15, -0.1) is 0 Å². The average Bonchev–Trinajstić information content (AvgIpc) is 2.69. The molecular weight excluding hydrogens is 228 g/mol. The molecule has 1 heterocycles. The van der Waals surface area contributed by atoms with Crippen molar-refractivity contribution < 1.29 is 9.53 Å². The lowest BCUT2D eigenvalue weighted by Gasteiger charge is -2.11. The van der Waals surface area contributed by atoms with E-state index in [1.807, 2.05) is 26.0 Å². The van der Waals surface area contributed by atoms with Crippen LogP contribution in [0.15, 0.2) is 18.5 Å². The summed E-state index contributed by atoms with van der Waals surface area (Å²) in [5.74, 6) is 0.766. The molecule has 0 N–H and O–H groups in total. The number of nitrogens with zero attached hydrogens (tertiary/aromatic N) is 2. The average molecular weight is 244 g/mol. The molecule has 0 bridgehead atoms. The molecule has 94 valence electrons. The Morgan fingerprint density at radius 3 is 2.67 bits per heavy atom. The van der Waals surface area contributed by atoms with Crippen LogP contribution in [0.25, 0.3) is 11.3 Å². The normalized spacial score (nSPS) is 10.4. The first-order chi connectivity index (χ1) is 8.58. The van der Waals surface area contributed by atoms with Crippen molar-refractivity contribution in [2.24, 2.45) is 7.05 Å². The Morgan fingerprint density at radius 1 is 1.33 bits per heavy atom. The highest BCUT2D eigenvalue weighted by Crippen LogP contribution is 2.34. The van der Waals surface area contributed by atoms with Crippen molar-refractivity contribution in [2.75, 3.05) is 7.11 Å². The molecule has 0 aliphatic carbocycles. The molecule has 0 atom stereocenters. The van der Waals surface area contributed by atoms with E-state index in [0.717, 1.165) is 28.7 Å². The van der Waals surface area contributed by atoms with Crippen molar-refractivity contribution in [1.29, 1.82) is 0 Å². The van der Waals surface area contributed by atoms with Gasteiger partial charge in [0.25, 0.3) is 0 Å². The van der Waals surface area contributed by atoms with E-state index in [1.165, 1.54) is 0 Å². The summed E-state index contributed by atoms with van der Waals surface area (Å²) in [6, 6.07) is 4.03. The number of aryl methyl sites for hydroxylation is 3. The fourth-order valence-electron chi connectivity index (χ4n) is 2.19. The number of aromatic nitrogens is 2. The molecule has 1 aromatic carbocycles. The van der Waals surface area contributed by atoms with E-state index in [-0.39, 0.29) is 0 Å². The van der Waals surface area contributed by atoms with Gasteiger partial charge >= 0.3 is 0 Å². The highest BCUT2D eigenvalue weighted by molar-refractivity contribution is 5.86. The maximum atomic E-state index is 11.2. The van der Waals surface area contributed by atoms with E-state index >= 15 is 0 Å². The molecule has 4 nitrogen and oxygen atoms in total. The van der Waals surface area contributed by atoms with Gasteiger partial charge < -0.3 is 9.30 Å². The molecule has 18 heavy (non-hydrogen) atoms. The van der Waals surface area contributed by atoms with Crippen LogP contribution in [-0.2, 0) is 7.05 Å². The van der Waals surface area contributed by atoms with Gasteiger partial charge in [-0.3, -0.25) is 4.79 Å². The van der Waals surface area contributed by atoms with Gasteiger partial charge in [0.05, 0.1) is 13.4 Å². The van der Waals surface area contributed by atoms with E-state index in [0.29, 0.717) is 11.4 Å². The van der Waals surface area contributed by atoms with Crippen LogP contribution < -0.4 is 4.74 Å². The number of carbonyl (C=O) groups excluding carboxylic acids is 1. The quantitative estimate of drug-likeness (QED) is 0.779. The van der Waals surface area contributed by atoms with E-state index < -0.39 is 0 Å². The van der Waals surface area contributed by atoms with Gasteiger partial charge in [0.15, 0.2) is 6.29 Å². The van der Waals surface area contributed by atoms with Crippen LogP contribution in [0, 0.1) is 13.8 Å². The van der Waals surface area contributed by atoms with Crippen molar-refractivity contribution in [3.05, 3.63) is 35.3 Å². The van der Waals surface area contributed by atoms with Crippen molar-refractivity contribution in [2.45, 2.75) is 13.8 Å². The molecule has 0 fully saturated rings. The Bertz CT molecular complexity index is 600. The van der Waals surface area contributed by atoms with E-state index in [2.05, 4.69) is 4.98 Å². The fourth-order valence-corrected chi connectivity index (χ4v) is 2.19. The number of methoxy groups -OCH3 is 1. The van der Waals surface area contributed by atoms with E-state index in [1.54, 1.807) is 25.1 Å². The second-order valence-corrected chi connectivity index (χ2v) is 4.37. The summed E-state index contributed by atoms with van der Waals surface area (Å²) in [6.07, 6.45) is 2.45. The monoisotopic (exact) mass is 244 g/mol. The van der Waals surface area contributed by atoms with Crippen molar-refractivity contribution in [1.82, 2.24) is 9.55 Å². The first kappa shape index (κ1) is 12.4. The number of imidazole rings is 1. The molecule has 0 amide bonds. The van der Waals surface area contributed by atoms with Crippen LogP contribution >= 0.6 is 0 Å². The van der Waals surface area contributed by atoms with Crippen LogP contribution in [0.4, 0.5) is 0 Å². The molecule has 0 radical (unpaired) electrons. The Balaban J connectivity index is 2.73. The molecule has 4 heteroatoms. The second-order valence-electron chi connectivity index (χ2n) is 4.37. The van der Waals surface area contributed by atoms with Gasteiger partial charge in [-0.25, -0.2) is 4.98 Å². The highest BCUT2D eigenvalue weighted by Gasteiger charge is 2.16. The molecule has 0 spiro atoms. The number of aldehydes is 1. The van der Waals surface area contributed by atoms with Gasteiger partial charge in [0, 0.05) is 12.6 Å². The largest absolute Gasteiger partial charge is 0.496 e. The van der Waals surface area contributed by atoms with Crippen LogP contribution in [0.2, 0.25) is 0 Å². The van der Waals surface area contributed by atoms with E-state index in [9.17, 15) is 4.79 Å². The third kappa shape index (κ3) is 1.90. The van der Waals surface area contributed by atoms with Crippen molar-refractivity contribution in [3.63, 3.8) is 0 Å². The topological polar surface area (TPSA) is 44.1 Å². The molecular formula is C14H16N2O2. The molecule has 0 aliphatic rings. The molecule has 2 rings (SSSR count). The first-order valence-corrected chi connectivity index (χ1v) is 5.70. The zero-order chi connectivity index (χ0) is 13.3. The smallest absolute Gasteiger partial charge is 0.168 e. The Morgan fingerprint density at radius 2 is 2.06 bits per heavy atom. The molecule has 0 saturated heterocycles. The van der Waals surface area contributed by atoms with Gasteiger partial charge in [0.1, 0.15) is 17.1 Å². The Kier molecular flexibility index (Phi) is 3.19. The standard InChI is InChI=1S/C14H16N2O2/c1-9-5-10(2)14(18-4)11(6-9)13-12(7-17)16(3)8-15-13/h5-8H,1-4H3. The number of carbonyl (C=O) groups is 1. The molecule has 0 aliphatic heterocycles. The minimum atomic E-state index is 0.554. The number of ether oxygens (including phenoxy) is 1. The third-order valence-electron chi connectivity index (χ3n) is 2.97. The zero-order valence-electron chi connectivity index (χ0n) is 11.0. The summed E-state index contributed by atoms with van der Waals surface area (Å²) in [5.41, 5.74) is 4.23. The van der Waals surface area contributed by atoms with Crippen LogP contribution in [0.1, 0.15) is 21.6 Å². The minimum absolute atomic E-state index is 0.554. The molecule has 2 aromatic rings. The number of hydrogen-bond donors (Lipinski definition) is 0. The lowest BCUT2D eigenvalue weighted by molar-refractivity contribution is 0.111. The predicted octanol–water partition coefficient (Wildman–Crippen LogP) is 2.53. The molecule has 0 saturated carbocycles. The summed E-state index contributed by atoms with van der Waals surface area (Å²) < 4.78 is 7.14. The van der Waals surface area contributed by atoms with Crippen molar-refractivity contribution in [3.8, 4) is 17.0 Å². The summed E-state index contributed by atoms with van der Waals surface area (Å²) in [7, 11) is 3.43. The lowest BCUT2D eigenvalue weighted by atomic mass is 10.0. The Labute approximate surface area is 106 Å². The molecule has 1 aromatic heterocycles. The van der Waals surface area contributed by atoms with Gasteiger partial charge in [-0.05, 0) is 31.0 Å². The lowest BCUT2D eigenvalue weighted by Crippen LogP contribution is -1.97. The van der Waals surface area contributed by atoms with Gasteiger partial charge in [-0.2, -0.15) is 0 Å². The van der Waals surface area contributed by atoms with Crippen molar-refractivity contribution >= 4 is 6.29 Å². The number of rotatable bonds is 3. The van der Waals surface area contributed by atoms with E-state index in [4.69, 9.17) is 4.74 Å². The van der Waals surface area contributed by atoms with Crippen LogP contribution in [0.5, 0.6) is 5.75 Å². The maximum absolute atomic E-state index is 11.2. The minimum Gasteiger partial charge on any atom is -0.496 e. The summed E-state index contributed by atoms with van der Waals surface area (Å²) in [4.78, 5) is 15.4.